The third-order valence-electron chi connectivity index (χ3n) is 6.10. The Hall–Kier alpha value is -4.61. The molecule has 0 spiro atoms. The predicted octanol–water partition coefficient (Wildman–Crippen LogP) is 4.14. The summed E-state index contributed by atoms with van der Waals surface area (Å²) in [6.07, 6.45) is -5.40. The fourth-order valence-electron chi connectivity index (χ4n) is 4.43. The summed E-state index contributed by atoms with van der Waals surface area (Å²) in [5.74, 6) is -1.80. The monoisotopic (exact) mass is 513 g/mol. The molecule has 5 rings (SSSR count). The molecule has 3 aromatic rings. The van der Waals surface area contributed by atoms with Crippen LogP contribution in [0.3, 0.4) is 0 Å². The highest BCUT2D eigenvalue weighted by Crippen LogP contribution is 2.41. The first-order valence-electron chi connectivity index (χ1n) is 11.1. The maximum Gasteiger partial charge on any atom is 0.573 e. The minimum absolute atomic E-state index is 0.0620. The molecule has 1 unspecified atom stereocenters. The van der Waals surface area contributed by atoms with Crippen molar-refractivity contribution in [3.05, 3.63) is 60.2 Å². The van der Waals surface area contributed by atoms with E-state index in [1.807, 2.05) is 0 Å². The Morgan fingerprint density at radius 3 is 2.46 bits per heavy atom. The van der Waals surface area contributed by atoms with Gasteiger partial charge < -0.3 is 9.47 Å². The molecule has 1 N–H and O–H groups in total. The number of carbonyl (C=O) groups is 4. The fraction of sp³-hybridized carbons (Fsp3) is 0.200. The first-order valence-corrected chi connectivity index (χ1v) is 11.1. The number of hydrogen-bond donors (Lipinski definition) is 1. The largest absolute Gasteiger partial charge is 0.573 e. The van der Waals surface area contributed by atoms with Crippen molar-refractivity contribution in [2.24, 2.45) is 0 Å². The van der Waals surface area contributed by atoms with Crippen LogP contribution in [0.4, 0.5) is 29.3 Å². The summed E-state index contributed by atoms with van der Waals surface area (Å²) in [7, 11) is 1.37. The average Bonchev–Trinajstić information content (AvgIpc) is 3.11. The first-order chi connectivity index (χ1) is 17.5. The van der Waals surface area contributed by atoms with Crippen LogP contribution in [0.5, 0.6) is 11.5 Å². The van der Waals surface area contributed by atoms with Crippen molar-refractivity contribution in [1.82, 2.24) is 5.32 Å². The third kappa shape index (κ3) is 4.53. The Labute approximate surface area is 207 Å². The fourth-order valence-corrected chi connectivity index (χ4v) is 4.43. The minimum atomic E-state index is -4.84. The van der Waals surface area contributed by atoms with Gasteiger partial charge >= 0.3 is 12.5 Å². The molecule has 1 fully saturated rings. The summed E-state index contributed by atoms with van der Waals surface area (Å²) in [6, 6.07) is 11.9. The highest BCUT2D eigenvalue weighted by molar-refractivity contribution is 6.27. The van der Waals surface area contributed by atoms with E-state index in [1.165, 1.54) is 30.1 Å². The van der Waals surface area contributed by atoms with E-state index in [4.69, 9.17) is 4.74 Å². The van der Waals surface area contributed by atoms with Gasteiger partial charge in [0.2, 0.25) is 11.8 Å². The summed E-state index contributed by atoms with van der Waals surface area (Å²) in [5, 5.41) is 3.44. The number of rotatable bonds is 4. The number of nitrogens with one attached hydrogen (secondary N) is 1. The summed E-state index contributed by atoms with van der Waals surface area (Å²) >= 11 is 0. The predicted molar refractivity (Wildman–Crippen MR) is 124 cm³/mol. The zero-order chi connectivity index (χ0) is 26.5. The standard InChI is InChI=1S/C25H18F3N3O6/c1-30(14-5-7-15(8-6-14)37-25(26,27)28)24(35)36-16-11-13-3-2-4-18-21(13)17(12-16)23(34)31(18)19-9-10-20(32)29-22(19)33/h2-8,11-12,19H,9-10H2,1H3,(H,29,32,33). The second-order valence-electron chi connectivity index (χ2n) is 8.46. The maximum absolute atomic E-state index is 13.3. The van der Waals surface area contributed by atoms with Crippen LogP contribution in [0, 0.1) is 0 Å². The zero-order valence-corrected chi connectivity index (χ0v) is 19.2. The van der Waals surface area contributed by atoms with Gasteiger partial charge in [0.15, 0.2) is 0 Å². The molecule has 4 amide bonds. The van der Waals surface area contributed by atoms with Crippen LogP contribution >= 0.6 is 0 Å². The lowest BCUT2D eigenvalue weighted by atomic mass is 10.0. The lowest BCUT2D eigenvalue weighted by Gasteiger charge is -2.30. The van der Waals surface area contributed by atoms with Gasteiger partial charge in [0, 0.05) is 24.5 Å². The van der Waals surface area contributed by atoms with Crippen LogP contribution in [0.15, 0.2) is 54.6 Å². The lowest BCUT2D eigenvalue weighted by molar-refractivity contribution is -0.274. The number of halogens is 3. The third-order valence-corrected chi connectivity index (χ3v) is 6.10. The quantitative estimate of drug-likeness (QED) is 0.526. The molecule has 3 aromatic carbocycles. The first kappa shape index (κ1) is 24.1. The van der Waals surface area contributed by atoms with Crippen molar-refractivity contribution >= 4 is 46.0 Å². The molecular formula is C25H18F3N3O6. The number of alkyl halides is 3. The highest BCUT2D eigenvalue weighted by Gasteiger charge is 2.41. The smallest absolute Gasteiger partial charge is 0.410 e. The number of nitrogens with zero attached hydrogens (tertiary/aromatic N) is 2. The zero-order valence-electron chi connectivity index (χ0n) is 19.2. The van der Waals surface area contributed by atoms with Crippen molar-refractivity contribution in [2.45, 2.75) is 25.2 Å². The second kappa shape index (κ2) is 8.80. The molecule has 2 aliphatic heterocycles. The Bertz CT molecular complexity index is 1450. The van der Waals surface area contributed by atoms with Crippen LogP contribution in [-0.2, 0) is 9.59 Å². The Morgan fingerprint density at radius 1 is 1.05 bits per heavy atom. The molecule has 0 aromatic heterocycles. The summed E-state index contributed by atoms with van der Waals surface area (Å²) in [5.41, 5.74) is 0.993. The van der Waals surface area contributed by atoms with E-state index in [1.54, 1.807) is 24.3 Å². The molecule has 0 radical (unpaired) electrons. The molecule has 2 aliphatic rings. The van der Waals surface area contributed by atoms with Crippen LogP contribution in [-0.4, -0.2) is 43.3 Å². The van der Waals surface area contributed by atoms with Crippen molar-refractivity contribution in [3.8, 4) is 11.5 Å². The Kier molecular flexibility index (Phi) is 5.73. The van der Waals surface area contributed by atoms with Gasteiger partial charge in [0.1, 0.15) is 17.5 Å². The van der Waals surface area contributed by atoms with Gasteiger partial charge in [-0.2, -0.15) is 0 Å². The number of piperidine rings is 1. The molecule has 12 heteroatoms. The van der Waals surface area contributed by atoms with Crippen LogP contribution < -0.4 is 24.6 Å². The molecule has 9 nitrogen and oxygen atoms in total. The molecule has 0 bridgehead atoms. The number of benzene rings is 3. The Balaban J connectivity index is 1.38. The van der Waals surface area contributed by atoms with Crippen molar-refractivity contribution in [2.75, 3.05) is 16.8 Å². The second-order valence-corrected chi connectivity index (χ2v) is 8.46. The summed E-state index contributed by atoms with van der Waals surface area (Å²) in [6.45, 7) is 0. The van der Waals surface area contributed by atoms with Gasteiger partial charge in [-0.25, -0.2) is 4.79 Å². The average molecular weight is 513 g/mol. The van der Waals surface area contributed by atoms with E-state index in [-0.39, 0.29) is 29.8 Å². The Morgan fingerprint density at radius 2 is 1.78 bits per heavy atom. The normalized spacial score (nSPS) is 17.1. The number of carbonyl (C=O) groups excluding carboxylic acids is 4. The minimum Gasteiger partial charge on any atom is -0.410 e. The van der Waals surface area contributed by atoms with E-state index in [0.29, 0.717) is 16.5 Å². The van der Waals surface area contributed by atoms with E-state index in [9.17, 15) is 32.3 Å². The van der Waals surface area contributed by atoms with Crippen LogP contribution in [0.2, 0.25) is 0 Å². The van der Waals surface area contributed by atoms with Gasteiger partial charge in [-0.05, 0) is 54.3 Å². The van der Waals surface area contributed by atoms with E-state index in [0.717, 1.165) is 17.0 Å². The van der Waals surface area contributed by atoms with Crippen molar-refractivity contribution in [3.63, 3.8) is 0 Å². The van der Waals surface area contributed by atoms with E-state index in [2.05, 4.69) is 10.1 Å². The molecular weight excluding hydrogens is 495 g/mol. The molecule has 1 saturated heterocycles. The lowest BCUT2D eigenvalue weighted by Crippen LogP contribution is -2.53. The molecule has 1 atom stereocenters. The van der Waals surface area contributed by atoms with E-state index >= 15 is 0 Å². The number of ether oxygens (including phenoxy) is 2. The van der Waals surface area contributed by atoms with Crippen molar-refractivity contribution in [1.29, 1.82) is 0 Å². The van der Waals surface area contributed by atoms with Crippen molar-refractivity contribution < 1.29 is 41.8 Å². The topological polar surface area (TPSA) is 105 Å². The molecule has 0 saturated carbocycles. The maximum atomic E-state index is 13.3. The van der Waals surface area contributed by atoms with Gasteiger partial charge in [-0.3, -0.25) is 29.5 Å². The van der Waals surface area contributed by atoms with Gasteiger partial charge in [0.05, 0.1) is 11.3 Å². The van der Waals surface area contributed by atoms with Gasteiger partial charge in [0.25, 0.3) is 5.91 Å². The number of amides is 4. The number of imide groups is 1. The van der Waals surface area contributed by atoms with E-state index < -0.39 is 42.0 Å². The molecule has 0 aliphatic carbocycles. The highest BCUT2D eigenvalue weighted by atomic mass is 19.4. The molecule has 2 heterocycles. The number of anilines is 2. The molecule has 190 valence electrons. The molecule has 37 heavy (non-hydrogen) atoms. The summed E-state index contributed by atoms with van der Waals surface area (Å²) < 4.78 is 46.4. The van der Waals surface area contributed by atoms with Crippen LogP contribution in [0.25, 0.3) is 10.8 Å². The van der Waals surface area contributed by atoms with Gasteiger partial charge in [-0.1, -0.05) is 12.1 Å². The SMILES string of the molecule is CN(C(=O)Oc1cc2c3c(cccc3c1)N(C1CCC(=O)NC1=O)C2=O)c1ccc(OC(F)(F)F)cc1. The van der Waals surface area contributed by atoms with Crippen LogP contribution in [0.1, 0.15) is 23.2 Å². The summed E-state index contributed by atoms with van der Waals surface area (Å²) in [4.78, 5) is 52.5. The van der Waals surface area contributed by atoms with Gasteiger partial charge in [-0.15, -0.1) is 13.2 Å². The number of hydrogen-bond acceptors (Lipinski definition) is 6.